The first-order chi connectivity index (χ1) is 15.6. The minimum atomic E-state index is -0.585. The highest BCUT2D eigenvalue weighted by atomic mass is 16.7. The molecule has 0 amide bonds. The van der Waals surface area contributed by atoms with Crippen LogP contribution in [0.5, 0.6) is 11.5 Å². The van der Waals surface area contributed by atoms with Crippen molar-refractivity contribution >= 4 is 0 Å². The first-order valence-corrected chi connectivity index (χ1v) is 11.0. The van der Waals surface area contributed by atoms with Crippen molar-refractivity contribution < 1.29 is 19.3 Å². The van der Waals surface area contributed by atoms with Gasteiger partial charge in [-0.3, -0.25) is 4.90 Å². The lowest BCUT2D eigenvalue weighted by molar-refractivity contribution is 0.00709. The Labute approximate surface area is 190 Å². The number of aliphatic hydroxyl groups is 1. The molecule has 0 saturated carbocycles. The van der Waals surface area contributed by atoms with E-state index in [-0.39, 0.29) is 6.79 Å². The Hall–Kier alpha value is -2.86. The van der Waals surface area contributed by atoms with Gasteiger partial charge in [-0.25, -0.2) is 0 Å². The number of fused-ring (bicyclic) bond motifs is 1. The molecule has 0 bridgehead atoms. The van der Waals surface area contributed by atoms with Gasteiger partial charge in [0.05, 0.1) is 19.3 Å². The molecule has 0 unspecified atom stereocenters. The maximum absolute atomic E-state index is 10.7. The van der Waals surface area contributed by atoms with Crippen LogP contribution >= 0.6 is 0 Å². The Morgan fingerprint density at radius 3 is 2.56 bits per heavy atom. The molecule has 0 aliphatic carbocycles. The van der Waals surface area contributed by atoms with Gasteiger partial charge in [-0.2, -0.15) is 0 Å². The highest BCUT2D eigenvalue weighted by molar-refractivity contribution is 5.44. The zero-order chi connectivity index (χ0) is 22.3. The van der Waals surface area contributed by atoms with Crippen molar-refractivity contribution in [3.63, 3.8) is 0 Å². The van der Waals surface area contributed by atoms with Crippen LogP contribution < -0.4 is 9.47 Å². The fourth-order valence-corrected chi connectivity index (χ4v) is 3.93. The number of ether oxygens (including phenoxy) is 3. The highest BCUT2D eigenvalue weighted by Crippen LogP contribution is 2.33. The maximum Gasteiger partial charge on any atom is 0.231 e. The lowest BCUT2D eigenvalue weighted by Gasteiger charge is -2.26. The summed E-state index contributed by atoms with van der Waals surface area (Å²) in [6.45, 7) is 7.25. The molecule has 0 fully saturated rings. The Bertz CT molecular complexity index is 1020. The summed E-state index contributed by atoms with van der Waals surface area (Å²) in [6.07, 6.45) is -0.585. The van der Waals surface area contributed by atoms with E-state index in [4.69, 9.17) is 14.2 Å². The monoisotopic (exact) mass is 433 g/mol. The van der Waals surface area contributed by atoms with Crippen LogP contribution in [0.2, 0.25) is 0 Å². The zero-order valence-electron chi connectivity index (χ0n) is 18.8. The number of aliphatic hydroxyl groups excluding tert-OH is 1. The van der Waals surface area contributed by atoms with E-state index in [1.165, 1.54) is 16.7 Å². The third-order valence-corrected chi connectivity index (χ3v) is 5.63. The molecule has 1 aliphatic heterocycles. The van der Waals surface area contributed by atoms with E-state index in [1.807, 2.05) is 42.5 Å². The SMILES string of the molecule is Cc1ccc(C)c(CN(Cc2ccc3c(c2)OCO3)C[C@H](O)COCc2ccccc2)c1. The number of benzene rings is 3. The van der Waals surface area contributed by atoms with Crippen LogP contribution in [-0.4, -0.2) is 36.1 Å². The summed E-state index contributed by atoms with van der Waals surface area (Å²) in [5.41, 5.74) is 5.98. The Morgan fingerprint density at radius 2 is 1.72 bits per heavy atom. The quantitative estimate of drug-likeness (QED) is 0.506. The number of rotatable bonds is 10. The molecule has 1 heterocycles. The number of nitrogens with zero attached hydrogens (tertiary/aromatic N) is 1. The van der Waals surface area contributed by atoms with Gasteiger partial charge < -0.3 is 19.3 Å². The van der Waals surface area contributed by atoms with Gasteiger partial charge in [0, 0.05) is 19.6 Å². The Kier molecular flexibility index (Phi) is 7.43. The van der Waals surface area contributed by atoms with Crippen LogP contribution in [0.1, 0.15) is 27.8 Å². The fraction of sp³-hybridized carbons (Fsp3) is 0.333. The molecule has 168 valence electrons. The molecule has 1 N–H and O–H groups in total. The predicted octanol–water partition coefficient (Wildman–Crippen LogP) is 4.61. The summed E-state index contributed by atoms with van der Waals surface area (Å²) in [7, 11) is 0. The minimum absolute atomic E-state index is 0.266. The lowest BCUT2D eigenvalue weighted by atomic mass is 10.0. The highest BCUT2D eigenvalue weighted by Gasteiger charge is 2.18. The van der Waals surface area contributed by atoms with Crippen LogP contribution in [0.4, 0.5) is 0 Å². The molecule has 32 heavy (non-hydrogen) atoms. The molecular formula is C27H31NO4. The molecular weight excluding hydrogens is 402 g/mol. The standard InChI is InChI=1S/C27H31NO4/c1-20-8-9-21(2)24(12-20)15-28(14-23-10-11-26-27(13-23)32-19-31-26)16-25(29)18-30-17-22-6-4-3-5-7-22/h3-13,25,29H,14-19H2,1-2H3/t25-/m0/s1. The average molecular weight is 434 g/mol. The van der Waals surface area contributed by atoms with E-state index in [1.54, 1.807) is 0 Å². The van der Waals surface area contributed by atoms with Crippen molar-refractivity contribution in [1.29, 1.82) is 0 Å². The molecule has 0 radical (unpaired) electrons. The molecule has 0 aromatic heterocycles. The van der Waals surface area contributed by atoms with Crippen molar-refractivity contribution in [1.82, 2.24) is 4.90 Å². The maximum atomic E-state index is 10.7. The summed E-state index contributed by atoms with van der Waals surface area (Å²) in [6, 6.07) is 22.6. The van der Waals surface area contributed by atoms with Gasteiger partial charge in [0.2, 0.25) is 6.79 Å². The first-order valence-electron chi connectivity index (χ1n) is 11.0. The van der Waals surface area contributed by atoms with Gasteiger partial charge in [0.25, 0.3) is 0 Å². The van der Waals surface area contributed by atoms with Gasteiger partial charge in [-0.15, -0.1) is 0 Å². The van der Waals surface area contributed by atoms with Crippen molar-refractivity contribution in [3.8, 4) is 11.5 Å². The number of aryl methyl sites for hydroxylation is 2. The number of hydrogen-bond donors (Lipinski definition) is 1. The van der Waals surface area contributed by atoms with E-state index in [0.717, 1.165) is 29.2 Å². The molecule has 1 aliphatic rings. The van der Waals surface area contributed by atoms with Gasteiger partial charge in [-0.1, -0.05) is 60.2 Å². The summed E-state index contributed by atoms with van der Waals surface area (Å²) in [5.74, 6) is 1.56. The summed E-state index contributed by atoms with van der Waals surface area (Å²) >= 11 is 0. The van der Waals surface area contributed by atoms with Gasteiger partial charge in [0.15, 0.2) is 11.5 Å². The third kappa shape index (κ3) is 6.10. The van der Waals surface area contributed by atoms with Crippen LogP contribution in [0.15, 0.2) is 66.7 Å². The minimum Gasteiger partial charge on any atom is -0.454 e. The van der Waals surface area contributed by atoms with E-state index in [9.17, 15) is 5.11 Å². The first kappa shape index (κ1) is 22.3. The predicted molar refractivity (Wildman–Crippen MR) is 125 cm³/mol. The van der Waals surface area contributed by atoms with Crippen LogP contribution in [0.25, 0.3) is 0 Å². The van der Waals surface area contributed by atoms with Gasteiger partial charge >= 0.3 is 0 Å². The molecule has 4 rings (SSSR count). The summed E-state index contributed by atoms with van der Waals surface area (Å²) < 4.78 is 16.7. The largest absolute Gasteiger partial charge is 0.454 e. The molecule has 0 spiro atoms. The second kappa shape index (κ2) is 10.6. The normalized spacial score (nSPS) is 13.5. The molecule has 0 saturated heterocycles. The van der Waals surface area contributed by atoms with Gasteiger partial charge in [-0.05, 0) is 48.2 Å². The van der Waals surface area contributed by atoms with E-state index >= 15 is 0 Å². The topological polar surface area (TPSA) is 51.2 Å². The van der Waals surface area contributed by atoms with Crippen LogP contribution in [-0.2, 0) is 24.4 Å². The molecule has 5 nitrogen and oxygen atoms in total. The molecule has 1 atom stereocenters. The van der Waals surface area contributed by atoms with Crippen LogP contribution in [0.3, 0.4) is 0 Å². The van der Waals surface area contributed by atoms with Gasteiger partial charge in [0.1, 0.15) is 0 Å². The summed E-state index contributed by atoms with van der Waals surface area (Å²) in [4.78, 5) is 2.26. The Morgan fingerprint density at radius 1 is 0.906 bits per heavy atom. The van der Waals surface area contributed by atoms with E-state index in [2.05, 4.69) is 43.0 Å². The van der Waals surface area contributed by atoms with Crippen molar-refractivity contribution in [3.05, 3.63) is 94.5 Å². The van der Waals surface area contributed by atoms with Crippen molar-refractivity contribution in [2.24, 2.45) is 0 Å². The fourth-order valence-electron chi connectivity index (χ4n) is 3.93. The zero-order valence-corrected chi connectivity index (χ0v) is 18.8. The molecule has 3 aromatic carbocycles. The van der Waals surface area contributed by atoms with E-state index < -0.39 is 6.10 Å². The summed E-state index contributed by atoms with van der Waals surface area (Å²) in [5, 5.41) is 10.7. The Balaban J connectivity index is 1.42. The lowest BCUT2D eigenvalue weighted by Crippen LogP contribution is -2.34. The molecule has 5 heteroatoms. The second-order valence-electron chi connectivity index (χ2n) is 8.44. The van der Waals surface area contributed by atoms with Crippen LogP contribution in [0, 0.1) is 13.8 Å². The van der Waals surface area contributed by atoms with E-state index in [0.29, 0.717) is 26.3 Å². The third-order valence-electron chi connectivity index (χ3n) is 5.63. The molecule has 3 aromatic rings. The average Bonchev–Trinajstić information content (AvgIpc) is 3.25. The second-order valence-corrected chi connectivity index (χ2v) is 8.44. The smallest absolute Gasteiger partial charge is 0.231 e. The van der Waals surface area contributed by atoms with Crippen molar-refractivity contribution in [2.45, 2.75) is 39.6 Å². The number of hydrogen-bond acceptors (Lipinski definition) is 5. The van der Waals surface area contributed by atoms with Crippen molar-refractivity contribution in [2.75, 3.05) is 19.9 Å².